The molecule has 0 saturated carbocycles. The minimum Gasteiger partial charge on any atom is -0.373 e. The number of para-hydroxylation sites is 1. The molecule has 1 rings (SSSR count). The molecule has 2 N–H and O–H groups in total. The van der Waals surface area contributed by atoms with Crippen LogP contribution in [0.1, 0.15) is 13.3 Å². The number of nitrogens with two attached hydrogens (primary N) is 1. The molecule has 0 aliphatic rings. The predicted octanol–water partition coefficient (Wildman–Crippen LogP) is 2.87. The van der Waals surface area contributed by atoms with Crippen molar-refractivity contribution >= 4 is 21.6 Å². The summed E-state index contributed by atoms with van der Waals surface area (Å²) in [5.41, 5.74) is 6.78. The lowest BCUT2D eigenvalue weighted by Gasteiger charge is -2.24. The summed E-state index contributed by atoms with van der Waals surface area (Å²) in [6, 6.07) is 8.29. The van der Waals surface area contributed by atoms with Crippen LogP contribution in [0.5, 0.6) is 0 Å². The van der Waals surface area contributed by atoms with Crippen molar-refractivity contribution in [3.05, 3.63) is 28.7 Å². The second kappa shape index (κ2) is 6.13. The SMILES string of the molecule is CC(CCN)CN(C)c1ccccc1Br. The molecule has 0 heterocycles. The molecule has 15 heavy (non-hydrogen) atoms. The van der Waals surface area contributed by atoms with E-state index in [4.69, 9.17) is 5.73 Å². The maximum atomic E-state index is 5.55. The molecule has 0 amide bonds. The van der Waals surface area contributed by atoms with Gasteiger partial charge in [0.15, 0.2) is 0 Å². The van der Waals surface area contributed by atoms with Gasteiger partial charge in [-0.05, 0) is 46.9 Å². The Balaban J connectivity index is 2.61. The fourth-order valence-electron chi connectivity index (χ4n) is 1.70. The summed E-state index contributed by atoms with van der Waals surface area (Å²) < 4.78 is 1.15. The van der Waals surface area contributed by atoms with Crippen LogP contribution in [0.4, 0.5) is 5.69 Å². The Bertz CT molecular complexity index is 301. The molecule has 2 nitrogen and oxygen atoms in total. The highest BCUT2D eigenvalue weighted by Crippen LogP contribution is 2.25. The number of benzene rings is 1. The fourth-order valence-corrected chi connectivity index (χ4v) is 2.29. The molecule has 1 unspecified atom stereocenters. The first-order valence-corrected chi connectivity index (χ1v) is 6.10. The lowest BCUT2D eigenvalue weighted by Crippen LogP contribution is -2.25. The van der Waals surface area contributed by atoms with E-state index in [1.165, 1.54) is 5.69 Å². The Hall–Kier alpha value is -0.540. The van der Waals surface area contributed by atoms with E-state index in [2.05, 4.69) is 53.0 Å². The van der Waals surface area contributed by atoms with E-state index >= 15 is 0 Å². The van der Waals surface area contributed by atoms with Crippen LogP contribution in [0, 0.1) is 5.92 Å². The van der Waals surface area contributed by atoms with Gasteiger partial charge in [0.25, 0.3) is 0 Å². The molecule has 84 valence electrons. The van der Waals surface area contributed by atoms with Gasteiger partial charge in [0.05, 0.1) is 5.69 Å². The van der Waals surface area contributed by atoms with Gasteiger partial charge in [-0.3, -0.25) is 0 Å². The van der Waals surface area contributed by atoms with Gasteiger partial charge >= 0.3 is 0 Å². The van der Waals surface area contributed by atoms with E-state index in [1.54, 1.807) is 0 Å². The third kappa shape index (κ3) is 3.84. The van der Waals surface area contributed by atoms with Crippen LogP contribution in [0.2, 0.25) is 0 Å². The van der Waals surface area contributed by atoms with Gasteiger partial charge in [0, 0.05) is 18.1 Å². The summed E-state index contributed by atoms with van der Waals surface area (Å²) in [6.45, 7) is 4.05. The van der Waals surface area contributed by atoms with Crippen LogP contribution in [-0.4, -0.2) is 20.1 Å². The third-order valence-corrected chi connectivity index (χ3v) is 3.18. The molecule has 0 saturated heterocycles. The minimum absolute atomic E-state index is 0.632. The zero-order valence-electron chi connectivity index (χ0n) is 9.41. The van der Waals surface area contributed by atoms with Gasteiger partial charge in [-0.2, -0.15) is 0 Å². The molecule has 1 atom stereocenters. The van der Waals surface area contributed by atoms with E-state index in [9.17, 15) is 0 Å². The monoisotopic (exact) mass is 270 g/mol. The van der Waals surface area contributed by atoms with Crippen molar-refractivity contribution in [2.75, 3.05) is 25.0 Å². The average molecular weight is 271 g/mol. The maximum absolute atomic E-state index is 5.55. The standard InChI is InChI=1S/C12H19BrN2/c1-10(7-8-14)9-15(2)12-6-4-3-5-11(12)13/h3-6,10H,7-9,14H2,1-2H3. The Kier molecular flexibility index (Phi) is 5.12. The van der Waals surface area contributed by atoms with Gasteiger partial charge in [-0.1, -0.05) is 19.1 Å². The lowest BCUT2D eigenvalue weighted by atomic mass is 10.1. The van der Waals surface area contributed by atoms with E-state index in [1.807, 2.05) is 6.07 Å². The quantitative estimate of drug-likeness (QED) is 0.892. The molecule has 0 aromatic heterocycles. The molecule has 0 aliphatic heterocycles. The van der Waals surface area contributed by atoms with Crippen LogP contribution < -0.4 is 10.6 Å². The summed E-state index contributed by atoms with van der Waals surface area (Å²) in [5.74, 6) is 0.632. The van der Waals surface area contributed by atoms with Crippen LogP contribution >= 0.6 is 15.9 Å². The average Bonchev–Trinajstić information content (AvgIpc) is 2.18. The highest BCUT2D eigenvalue weighted by molar-refractivity contribution is 9.10. The van der Waals surface area contributed by atoms with Gasteiger partial charge < -0.3 is 10.6 Å². The smallest absolute Gasteiger partial charge is 0.0508 e. The van der Waals surface area contributed by atoms with Crippen molar-refractivity contribution in [2.45, 2.75) is 13.3 Å². The second-order valence-corrected chi connectivity index (χ2v) is 4.87. The summed E-state index contributed by atoms with van der Waals surface area (Å²) in [5, 5.41) is 0. The Morgan fingerprint density at radius 3 is 2.67 bits per heavy atom. The summed E-state index contributed by atoms with van der Waals surface area (Å²) in [7, 11) is 2.12. The molecule has 0 radical (unpaired) electrons. The second-order valence-electron chi connectivity index (χ2n) is 4.01. The van der Waals surface area contributed by atoms with E-state index in [-0.39, 0.29) is 0 Å². The number of anilines is 1. The van der Waals surface area contributed by atoms with Crippen molar-refractivity contribution in [3.8, 4) is 0 Å². The topological polar surface area (TPSA) is 29.3 Å². The largest absolute Gasteiger partial charge is 0.373 e. The molecule has 0 aliphatic carbocycles. The minimum atomic E-state index is 0.632. The van der Waals surface area contributed by atoms with Crippen molar-refractivity contribution in [1.82, 2.24) is 0 Å². The van der Waals surface area contributed by atoms with Gasteiger partial charge in [-0.15, -0.1) is 0 Å². The molecule has 0 bridgehead atoms. The number of hydrogen-bond acceptors (Lipinski definition) is 2. The number of halogens is 1. The van der Waals surface area contributed by atoms with Crippen LogP contribution in [0.25, 0.3) is 0 Å². The zero-order chi connectivity index (χ0) is 11.3. The molecular weight excluding hydrogens is 252 g/mol. The highest BCUT2D eigenvalue weighted by Gasteiger charge is 2.08. The van der Waals surface area contributed by atoms with E-state index in [0.717, 1.165) is 24.0 Å². The van der Waals surface area contributed by atoms with Gasteiger partial charge in [-0.25, -0.2) is 0 Å². The van der Waals surface area contributed by atoms with Crippen molar-refractivity contribution < 1.29 is 0 Å². The third-order valence-electron chi connectivity index (χ3n) is 2.51. The predicted molar refractivity (Wildman–Crippen MR) is 70.2 cm³/mol. The number of nitrogens with zero attached hydrogens (tertiary/aromatic N) is 1. The van der Waals surface area contributed by atoms with Gasteiger partial charge in [0.2, 0.25) is 0 Å². The van der Waals surface area contributed by atoms with E-state index < -0.39 is 0 Å². The van der Waals surface area contributed by atoms with Gasteiger partial charge in [0.1, 0.15) is 0 Å². The summed E-state index contributed by atoms with van der Waals surface area (Å²) in [4.78, 5) is 2.27. The van der Waals surface area contributed by atoms with Crippen LogP contribution in [0.15, 0.2) is 28.7 Å². The van der Waals surface area contributed by atoms with E-state index in [0.29, 0.717) is 5.92 Å². The Labute approximate surface area is 101 Å². The molecule has 1 aromatic rings. The number of rotatable bonds is 5. The molecule has 0 fully saturated rings. The summed E-state index contributed by atoms with van der Waals surface area (Å²) >= 11 is 3.56. The highest BCUT2D eigenvalue weighted by atomic mass is 79.9. The maximum Gasteiger partial charge on any atom is 0.0508 e. The molecule has 0 spiro atoms. The van der Waals surface area contributed by atoms with Crippen LogP contribution in [-0.2, 0) is 0 Å². The van der Waals surface area contributed by atoms with Crippen molar-refractivity contribution in [3.63, 3.8) is 0 Å². The first-order chi connectivity index (χ1) is 7.15. The summed E-state index contributed by atoms with van der Waals surface area (Å²) in [6.07, 6.45) is 1.08. The molecule has 3 heteroatoms. The van der Waals surface area contributed by atoms with Crippen LogP contribution in [0.3, 0.4) is 0 Å². The Morgan fingerprint density at radius 2 is 2.07 bits per heavy atom. The van der Waals surface area contributed by atoms with Crippen molar-refractivity contribution in [1.29, 1.82) is 0 Å². The first-order valence-electron chi connectivity index (χ1n) is 5.31. The first kappa shape index (κ1) is 12.5. The normalized spacial score (nSPS) is 12.5. The Morgan fingerprint density at radius 1 is 1.40 bits per heavy atom. The lowest BCUT2D eigenvalue weighted by molar-refractivity contribution is 0.539. The molecule has 1 aromatic carbocycles. The van der Waals surface area contributed by atoms with Crippen molar-refractivity contribution in [2.24, 2.45) is 11.7 Å². The number of hydrogen-bond donors (Lipinski definition) is 1. The zero-order valence-corrected chi connectivity index (χ0v) is 11.0. The molecular formula is C12H19BrN2. The fraction of sp³-hybridized carbons (Fsp3) is 0.500.